The number of fused-ring (bicyclic) bond motifs is 2. The van der Waals surface area contributed by atoms with Crippen LogP contribution in [0.5, 0.6) is 0 Å². The molecule has 2 aromatic carbocycles. The van der Waals surface area contributed by atoms with Crippen LogP contribution in [0.2, 0.25) is 5.02 Å². The predicted molar refractivity (Wildman–Crippen MR) is 118 cm³/mol. The average molecular weight is 423 g/mol. The Bertz CT molecular complexity index is 1130. The van der Waals surface area contributed by atoms with Gasteiger partial charge in [0, 0.05) is 21.8 Å². The molecular weight excluding hydrogens is 400 g/mol. The van der Waals surface area contributed by atoms with Crippen LogP contribution in [0.25, 0.3) is 10.9 Å². The van der Waals surface area contributed by atoms with Crippen LogP contribution in [-0.2, 0) is 22.4 Å². The number of nitrogens with one attached hydrogen (secondary N) is 1. The number of ether oxygens (including phenoxy) is 1. The fourth-order valence-electron chi connectivity index (χ4n) is 3.88. The SMILES string of the molecule is CC1CCc2nc3ccccc3c(C(=O)OC(C)C(=O)Nc3cccc(Cl)c3)c2C1. The quantitative estimate of drug-likeness (QED) is 0.587. The van der Waals surface area contributed by atoms with E-state index in [1.54, 1.807) is 31.2 Å². The van der Waals surface area contributed by atoms with Crippen molar-refractivity contribution in [1.82, 2.24) is 4.98 Å². The van der Waals surface area contributed by atoms with Gasteiger partial charge >= 0.3 is 5.97 Å². The number of carbonyl (C=O) groups is 2. The third-order valence-corrected chi connectivity index (χ3v) is 5.69. The van der Waals surface area contributed by atoms with Gasteiger partial charge in [0.25, 0.3) is 5.91 Å². The van der Waals surface area contributed by atoms with E-state index in [2.05, 4.69) is 12.2 Å². The number of aryl methyl sites for hydroxylation is 1. The van der Waals surface area contributed by atoms with Crippen molar-refractivity contribution in [3.05, 3.63) is 70.4 Å². The van der Waals surface area contributed by atoms with Crippen molar-refractivity contribution in [3.63, 3.8) is 0 Å². The fraction of sp³-hybridized carbons (Fsp3) is 0.292. The Hall–Kier alpha value is -2.92. The molecular formula is C24H23ClN2O3. The number of para-hydroxylation sites is 1. The highest BCUT2D eigenvalue weighted by atomic mass is 35.5. The lowest BCUT2D eigenvalue weighted by Crippen LogP contribution is -2.31. The summed E-state index contributed by atoms with van der Waals surface area (Å²) in [6, 6.07) is 14.4. The van der Waals surface area contributed by atoms with Gasteiger partial charge in [0.15, 0.2) is 6.10 Å². The van der Waals surface area contributed by atoms with Gasteiger partial charge < -0.3 is 10.1 Å². The predicted octanol–water partition coefficient (Wildman–Crippen LogP) is 5.20. The molecule has 1 aliphatic rings. The lowest BCUT2D eigenvalue weighted by molar-refractivity contribution is -0.123. The number of carbonyl (C=O) groups excluding carboxylic acids is 2. The van der Waals surface area contributed by atoms with E-state index in [-0.39, 0.29) is 0 Å². The molecule has 2 atom stereocenters. The molecule has 1 aromatic heterocycles. The number of hydrogen-bond acceptors (Lipinski definition) is 4. The van der Waals surface area contributed by atoms with Crippen molar-refractivity contribution in [2.75, 3.05) is 5.32 Å². The molecule has 2 unspecified atom stereocenters. The van der Waals surface area contributed by atoms with Crippen LogP contribution in [-0.4, -0.2) is 23.0 Å². The minimum Gasteiger partial charge on any atom is -0.449 e. The summed E-state index contributed by atoms with van der Waals surface area (Å²) in [6.45, 7) is 3.74. The summed E-state index contributed by atoms with van der Waals surface area (Å²) in [4.78, 5) is 30.5. The Labute approximate surface area is 180 Å². The zero-order chi connectivity index (χ0) is 21.3. The fourth-order valence-corrected chi connectivity index (χ4v) is 4.07. The van der Waals surface area contributed by atoms with Crippen LogP contribution in [0.1, 0.15) is 41.9 Å². The zero-order valence-corrected chi connectivity index (χ0v) is 17.7. The van der Waals surface area contributed by atoms with E-state index in [4.69, 9.17) is 21.3 Å². The Morgan fingerprint density at radius 1 is 1.20 bits per heavy atom. The molecule has 154 valence electrons. The number of hydrogen-bond donors (Lipinski definition) is 1. The Kier molecular flexibility index (Phi) is 5.73. The Balaban J connectivity index is 1.61. The smallest absolute Gasteiger partial charge is 0.339 e. The minimum absolute atomic E-state index is 0.411. The van der Waals surface area contributed by atoms with E-state index in [1.807, 2.05) is 24.3 Å². The van der Waals surface area contributed by atoms with Crippen molar-refractivity contribution in [2.45, 2.75) is 39.2 Å². The highest BCUT2D eigenvalue weighted by Gasteiger charge is 2.28. The van der Waals surface area contributed by atoms with E-state index < -0.39 is 18.0 Å². The van der Waals surface area contributed by atoms with Gasteiger partial charge in [-0.15, -0.1) is 0 Å². The van der Waals surface area contributed by atoms with Gasteiger partial charge in [-0.3, -0.25) is 9.78 Å². The lowest BCUT2D eigenvalue weighted by Gasteiger charge is -2.24. The number of rotatable bonds is 4. The van der Waals surface area contributed by atoms with Crippen molar-refractivity contribution >= 4 is 40.1 Å². The number of halogens is 1. The first-order chi connectivity index (χ1) is 14.4. The first-order valence-electron chi connectivity index (χ1n) is 10.1. The summed E-state index contributed by atoms with van der Waals surface area (Å²) in [5.74, 6) is -0.436. The third kappa shape index (κ3) is 4.17. The normalized spacial score (nSPS) is 16.6. The van der Waals surface area contributed by atoms with E-state index >= 15 is 0 Å². The van der Waals surface area contributed by atoms with Crippen molar-refractivity contribution < 1.29 is 14.3 Å². The molecule has 4 rings (SSSR count). The average Bonchev–Trinajstić information content (AvgIpc) is 2.72. The molecule has 5 nitrogen and oxygen atoms in total. The minimum atomic E-state index is -0.958. The van der Waals surface area contributed by atoms with Gasteiger partial charge in [0.2, 0.25) is 0 Å². The summed E-state index contributed by atoms with van der Waals surface area (Å²) in [7, 11) is 0. The summed E-state index contributed by atoms with van der Waals surface area (Å²) in [5, 5.41) is 4.01. The molecule has 30 heavy (non-hydrogen) atoms. The van der Waals surface area contributed by atoms with E-state index in [0.29, 0.717) is 22.2 Å². The van der Waals surface area contributed by atoms with Gasteiger partial charge in [-0.05, 0) is 61.9 Å². The van der Waals surface area contributed by atoms with Crippen molar-refractivity contribution in [1.29, 1.82) is 0 Å². The van der Waals surface area contributed by atoms with E-state index in [1.165, 1.54) is 0 Å². The molecule has 0 bridgehead atoms. The molecule has 0 spiro atoms. The summed E-state index contributed by atoms with van der Waals surface area (Å²) in [5.41, 5.74) is 3.75. The summed E-state index contributed by atoms with van der Waals surface area (Å²) in [6.07, 6.45) is 1.71. The van der Waals surface area contributed by atoms with Gasteiger partial charge in [-0.25, -0.2) is 4.79 Å². The third-order valence-electron chi connectivity index (χ3n) is 5.45. The monoisotopic (exact) mass is 422 g/mol. The first-order valence-corrected chi connectivity index (χ1v) is 10.5. The van der Waals surface area contributed by atoms with Crippen LogP contribution in [0.4, 0.5) is 5.69 Å². The number of amides is 1. The largest absolute Gasteiger partial charge is 0.449 e. The van der Waals surface area contributed by atoms with Gasteiger partial charge in [0.1, 0.15) is 0 Å². The number of anilines is 1. The highest BCUT2D eigenvalue weighted by molar-refractivity contribution is 6.30. The first kappa shape index (κ1) is 20.4. The molecule has 3 aromatic rings. The maximum Gasteiger partial charge on any atom is 0.339 e. The summed E-state index contributed by atoms with van der Waals surface area (Å²) >= 11 is 5.96. The van der Waals surface area contributed by atoms with Crippen LogP contribution in [0.3, 0.4) is 0 Å². The van der Waals surface area contributed by atoms with E-state index in [9.17, 15) is 9.59 Å². The molecule has 0 aliphatic heterocycles. The second-order valence-corrected chi connectivity index (χ2v) is 8.26. The number of aromatic nitrogens is 1. The molecule has 1 heterocycles. The Morgan fingerprint density at radius 2 is 2.00 bits per heavy atom. The standard InChI is InChI=1S/C24H23ClN2O3/c1-14-10-11-21-19(12-14)22(18-8-3-4-9-20(18)27-21)24(29)30-15(2)23(28)26-17-7-5-6-16(25)13-17/h3-9,13-15H,10-12H2,1-2H3,(H,26,28). The Morgan fingerprint density at radius 3 is 2.80 bits per heavy atom. The maximum atomic E-state index is 13.2. The van der Waals surface area contributed by atoms with Crippen LogP contribution >= 0.6 is 11.6 Å². The lowest BCUT2D eigenvalue weighted by atomic mass is 9.84. The molecule has 1 aliphatic carbocycles. The molecule has 0 saturated heterocycles. The molecule has 1 N–H and O–H groups in total. The number of pyridine rings is 1. The topological polar surface area (TPSA) is 68.3 Å². The zero-order valence-electron chi connectivity index (χ0n) is 16.9. The van der Waals surface area contributed by atoms with Crippen LogP contribution < -0.4 is 5.32 Å². The highest BCUT2D eigenvalue weighted by Crippen LogP contribution is 2.32. The van der Waals surface area contributed by atoms with Crippen LogP contribution in [0, 0.1) is 5.92 Å². The number of nitrogens with zero attached hydrogens (tertiary/aromatic N) is 1. The summed E-state index contributed by atoms with van der Waals surface area (Å²) < 4.78 is 5.60. The van der Waals surface area contributed by atoms with E-state index in [0.717, 1.165) is 41.4 Å². The number of benzene rings is 2. The van der Waals surface area contributed by atoms with Gasteiger partial charge in [-0.2, -0.15) is 0 Å². The molecule has 1 amide bonds. The van der Waals surface area contributed by atoms with Crippen LogP contribution in [0.15, 0.2) is 48.5 Å². The second kappa shape index (κ2) is 8.44. The van der Waals surface area contributed by atoms with Gasteiger partial charge in [0.05, 0.1) is 11.1 Å². The molecule has 0 radical (unpaired) electrons. The number of esters is 1. The molecule has 6 heteroatoms. The van der Waals surface area contributed by atoms with Crippen molar-refractivity contribution in [3.8, 4) is 0 Å². The second-order valence-electron chi connectivity index (χ2n) is 7.82. The molecule has 0 saturated carbocycles. The van der Waals surface area contributed by atoms with Gasteiger partial charge in [-0.1, -0.05) is 42.8 Å². The molecule has 0 fully saturated rings. The maximum absolute atomic E-state index is 13.2. The van der Waals surface area contributed by atoms with Crippen molar-refractivity contribution in [2.24, 2.45) is 5.92 Å².